The van der Waals surface area contributed by atoms with Gasteiger partial charge >= 0.3 is 0 Å². The number of hydrogen-bond donors (Lipinski definition) is 2. The summed E-state index contributed by atoms with van der Waals surface area (Å²) >= 11 is 8.02. The zero-order chi connectivity index (χ0) is 14.0. The van der Waals surface area contributed by atoms with E-state index in [-0.39, 0.29) is 11.6 Å². The normalized spacial score (nSPS) is 29.7. The molecule has 1 aromatic rings. The Kier molecular flexibility index (Phi) is 4.90. The van der Waals surface area contributed by atoms with Crippen LogP contribution >= 0.6 is 22.9 Å². The molecule has 0 saturated heterocycles. The lowest BCUT2D eigenvalue weighted by molar-refractivity contribution is 0.0379. The summed E-state index contributed by atoms with van der Waals surface area (Å²) in [5.41, 5.74) is 3.10. The molecule has 1 aromatic heterocycles. The third-order valence-electron chi connectivity index (χ3n) is 4.51. The van der Waals surface area contributed by atoms with Crippen molar-refractivity contribution in [2.24, 2.45) is 11.8 Å². The number of rotatable bonds is 4. The van der Waals surface area contributed by atoms with Gasteiger partial charge in [-0.1, -0.05) is 31.4 Å². The van der Waals surface area contributed by atoms with Crippen LogP contribution in [0.25, 0.3) is 0 Å². The maximum Gasteiger partial charge on any atom is 0.0751 e. The number of hydrogen-bond acceptors (Lipinski definition) is 4. The van der Waals surface area contributed by atoms with E-state index in [9.17, 15) is 0 Å². The molecule has 1 fully saturated rings. The fourth-order valence-electron chi connectivity index (χ4n) is 3.48. The summed E-state index contributed by atoms with van der Waals surface area (Å²) in [5.74, 6) is 6.63. The van der Waals surface area contributed by atoms with Gasteiger partial charge in [-0.2, -0.15) is 0 Å². The Labute approximate surface area is 125 Å². The summed E-state index contributed by atoms with van der Waals surface area (Å²) in [6, 6.07) is 2.05. The topological polar surface area (TPSA) is 41.3 Å². The van der Waals surface area contributed by atoms with Crippen LogP contribution < -0.4 is 11.3 Å². The number of likely N-dealkylation sites (N-methyl/N-ethyl adjacent to an activating group) is 1. The standard InChI is InChI=1S/C14H24ClN3S/c1-10-5-4-7-14(9-10,18(2)3)13(17-16)12-11(15)6-8-19-12/h6,8,10,13,17H,4-5,7,9,16H2,1-3H3. The summed E-state index contributed by atoms with van der Waals surface area (Å²) in [6.45, 7) is 2.33. The van der Waals surface area contributed by atoms with Crippen molar-refractivity contribution in [1.29, 1.82) is 0 Å². The molecule has 108 valence electrons. The lowest BCUT2D eigenvalue weighted by Gasteiger charge is -2.49. The van der Waals surface area contributed by atoms with E-state index in [0.717, 1.165) is 28.7 Å². The molecular formula is C14H24ClN3S. The second kappa shape index (κ2) is 6.10. The van der Waals surface area contributed by atoms with Crippen LogP contribution in [0.2, 0.25) is 5.02 Å². The lowest BCUT2D eigenvalue weighted by Crippen LogP contribution is -2.57. The Hall–Kier alpha value is -0.130. The highest BCUT2D eigenvalue weighted by Gasteiger charge is 2.45. The first-order chi connectivity index (χ1) is 9.01. The molecule has 3 unspecified atom stereocenters. The maximum atomic E-state index is 6.33. The van der Waals surface area contributed by atoms with Crippen LogP contribution in [0.4, 0.5) is 0 Å². The molecule has 3 nitrogen and oxygen atoms in total. The predicted octanol–water partition coefficient (Wildman–Crippen LogP) is 3.42. The average Bonchev–Trinajstić information content (AvgIpc) is 2.76. The summed E-state index contributed by atoms with van der Waals surface area (Å²) < 4.78 is 0. The monoisotopic (exact) mass is 301 g/mol. The minimum Gasteiger partial charge on any atom is -0.302 e. The second-order valence-electron chi connectivity index (χ2n) is 5.93. The van der Waals surface area contributed by atoms with Crippen LogP contribution in [0.3, 0.4) is 0 Å². The number of nitrogens with zero attached hydrogens (tertiary/aromatic N) is 1. The van der Waals surface area contributed by atoms with Crippen molar-refractivity contribution in [2.75, 3.05) is 14.1 Å². The summed E-state index contributed by atoms with van der Waals surface area (Å²) in [7, 11) is 4.31. The van der Waals surface area contributed by atoms with Crippen molar-refractivity contribution in [3.05, 3.63) is 21.3 Å². The van der Waals surface area contributed by atoms with Gasteiger partial charge in [0.1, 0.15) is 0 Å². The summed E-state index contributed by atoms with van der Waals surface area (Å²) in [6.07, 6.45) is 4.88. The van der Waals surface area contributed by atoms with Crippen LogP contribution in [-0.2, 0) is 0 Å². The molecule has 0 amide bonds. The molecule has 0 radical (unpaired) electrons. The molecule has 3 atom stereocenters. The van der Waals surface area contributed by atoms with Crippen molar-refractivity contribution in [3.63, 3.8) is 0 Å². The Morgan fingerprint density at radius 3 is 2.79 bits per heavy atom. The number of halogens is 1. The third kappa shape index (κ3) is 2.83. The molecule has 19 heavy (non-hydrogen) atoms. The van der Waals surface area contributed by atoms with E-state index in [4.69, 9.17) is 17.4 Å². The molecule has 0 spiro atoms. The van der Waals surface area contributed by atoms with Crippen molar-refractivity contribution < 1.29 is 0 Å². The average molecular weight is 302 g/mol. The third-order valence-corrected chi connectivity index (χ3v) is 5.93. The minimum atomic E-state index is 0.0565. The minimum absolute atomic E-state index is 0.0565. The summed E-state index contributed by atoms with van der Waals surface area (Å²) in [5, 5.41) is 2.87. The zero-order valence-electron chi connectivity index (χ0n) is 11.9. The Balaban J connectivity index is 2.39. The second-order valence-corrected chi connectivity index (χ2v) is 7.29. The summed E-state index contributed by atoms with van der Waals surface area (Å²) in [4.78, 5) is 3.50. The van der Waals surface area contributed by atoms with Crippen LogP contribution in [0.1, 0.15) is 43.5 Å². The van der Waals surface area contributed by atoms with Gasteiger partial charge in [-0.25, -0.2) is 0 Å². The fourth-order valence-corrected chi connectivity index (χ4v) is 4.81. The van der Waals surface area contributed by atoms with E-state index in [0.29, 0.717) is 0 Å². The Bertz CT molecular complexity index is 421. The van der Waals surface area contributed by atoms with Crippen LogP contribution in [-0.4, -0.2) is 24.5 Å². The van der Waals surface area contributed by atoms with E-state index >= 15 is 0 Å². The van der Waals surface area contributed by atoms with Gasteiger partial charge in [0.25, 0.3) is 0 Å². The van der Waals surface area contributed by atoms with Gasteiger partial charge in [-0.3, -0.25) is 11.3 Å². The molecule has 3 N–H and O–H groups in total. The van der Waals surface area contributed by atoms with E-state index < -0.39 is 0 Å². The van der Waals surface area contributed by atoms with Gasteiger partial charge in [0.2, 0.25) is 0 Å². The first-order valence-electron chi connectivity index (χ1n) is 6.87. The quantitative estimate of drug-likeness (QED) is 0.661. The van der Waals surface area contributed by atoms with E-state index in [2.05, 4.69) is 31.3 Å². The SMILES string of the molecule is CC1CCCC(C(NN)c2sccc2Cl)(N(C)C)C1. The molecule has 0 aliphatic heterocycles. The first kappa shape index (κ1) is 15.3. The molecule has 1 saturated carbocycles. The molecule has 1 heterocycles. The van der Waals surface area contributed by atoms with Gasteiger partial charge in [-0.05, 0) is 44.3 Å². The highest BCUT2D eigenvalue weighted by atomic mass is 35.5. The maximum absolute atomic E-state index is 6.33. The van der Waals surface area contributed by atoms with E-state index in [1.54, 1.807) is 11.3 Å². The molecular weight excluding hydrogens is 278 g/mol. The molecule has 1 aliphatic rings. The van der Waals surface area contributed by atoms with Gasteiger partial charge in [0, 0.05) is 10.4 Å². The van der Waals surface area contributed by atoms with E-state index in [1.807, 2.05) is 11.4 Å². The lowest BCUT2D eigenvalue weighted by atomic mass is 9.71. The van der Waals surface area contributed by atoms with Gasteiger partial charge in [0.05, 0.1) is 11.1 Å². The molecule has 5 heteroatoms. The van der Waals surface area contributed by atoms with Gasteiger partial charge in [-0.15, -0.1) is 11.3 Å². The van der Waals surface area contributed by atoms with Crippen molar-refractivity contribution >= 4 is 22.9 Å². The van der Waals surface area contributed by atoms with Crippen LogP contribution in [0, 0.1) is 5.92 Å². The van der Waals surface area contributed by atoms with Gasteiger partial charge in [0.15, 0.2) is 0 Å². The fraction of sp³-hybridized carbons (Fsp3) is 0.714. The van der Waals surface area contributed by atoms with Crippen LogP contribution in [0.5, 0.6) is 0 Å². The van der Waals surface area contributed by atoms with Gasteiger partial charge < -0.3 is 4.90 Å². The number of hydrazine groups is 1. The Morgan fingerprint density at radius 2 is 2.32 bits per heavy atom. The predicted molar refractivity (Wildman–Crippen MR) is 83.4 cm³/mol. The van der Waals surface area contributed by atoms with Crippen LogP contribution in [0.15, 0.2) is 11.4 Å². The number of thiophene rings is 1. The highest BCUT2D eigenvalue weighted by molar-refractivity contribution is 7.10. The van der Waals surface area contributed by atoms with Crippen molar-refractivity contribution in [1.82, 2.24) is 10.3 Å². The number of nitrogens with one attached hydrogen (secondary N) is 1. The number of nitrogens with two attached hydrogens (primary N) is 1. The Morgan fingerprint density at radius 1 is 1.58 bits per heavy atom. The molecule has 0 aromatic carbocycles. The highest BCUT2D eigenvalue weighted by Crippen LogP contribution is 2.46. The first-order valence-corrected chi connectivity index (χ1v) is 8.13. The molecule has 0 bridgehead atoms. The molecule has 2 rings (SSSR count). The van der Waals surface area contributed by atoms with Crippen molar-refractivity contribution in [3.8, 4) is 0 Å². The van der Waals surface area contributed by atoms with E-state index in [1.165, 1.54) is 12.8 Å². The molecule has 1 aliphatic carbocycles. The smallest absolute Gasteiger partial charge is 0.0751 e. The van der Waals surface area contributed by atoms with Crippen molar-refractivity contribution in [2.45, 2.75) is 44.2 Å². The zero-order valence-corrected chi connectivity index (χ0v) is 13.5. The largest absolute Gasteiger partial charge is 0.302 e.